The van der Waals surface area contributed by atoms with Crippen molar-refractivity contribution in [3.05, 3.63) is 64.8 Å². The van der Waals surface area contributed by atoms with Crippen molar-refractivity contribution in [2.75, 3.05) is 0 Å². The molecule has 0 aliphatic carbocycles. The molecule has 1 atom stereocenters. The number of esters is 1. The second kappa shape index (κ2) is 5.49. The third-order valence-corrected chi connectivity index (χ3v) is 4.59. The van der Waals surface area contributed by atoms with E-state index in [2.05, 4.69) is 0 Å². The van der Waals surface area contributed by atoms with E-state index in [4.69, 9.17) is 16.3 Å². The molecule has 1 aliphatic heterocycles. The Morgan fingerprint density at radius 2 is 1.96 bits per heavy atom. The van der Waals surface area contributed by atoms with Gasteiger partial charge in [0.05, 0.1) is 17.6 Å². The van der Waals surface area contributed by atoms with Crippen LogP contribution in [0.2, 0.25) is 5.02 Å². The van der Waals surface area contributed by atoms with Crippen LogP contribution >= 0.6 is 11.6 Å². The van der Waals surface area contributed by atoms with Gasteiger partial charge in [-0.1, -0.05) is 41.9 Å². The smallest absolute Gasteiger partial charge is 0.312 e. The van der Waals surface area contributed by atoms with Crippen LogP contribution in [-0.2, 0) is 4.79 Å². The van der Waals surface area contributed by atoms with Crippen LogP contribution in [0.15, 0.2) is 48.5 Å². The first-order chi connectivity index (χ1) is 11.6. The maximum absolute atomic E-state index is 12.3. The Kier molecular flexibility index (Phi) is 3.43. The highest BCUT2D eigenvalue weighted by Crippen LogP contribution is 2.45. The molecule has 0 spiro atoms. The van der Waals surface area contributed by atoms with Gasteiger partial charge in [0.2, 0.25) is 5.91 Å². The number of aromatic nitrogens is 1. The largest absolute Gasteiger partial charge is 0.424 e. The number of carbonyl (C=O) groups is 2. The molecule has 2 aromatic carbocycles. The quantitative estimate of drug-likeness (QED) is 0.617. The van der Waals surface area contributed by atoms with Crippen LogP contribution in [0.4, 0.5) is 0 Å². The summed E-state index contributed by atoms with van der Waals surface area (Å²) in [5.41, 5.74) is 2.39. The number of hydrogen-bond donors (Lipinski definition) is 0. The molecule has 0 amide bonds. The van der Waals surface area contributed by atoms with E-state index in [1.54, 1.807) is 22.8 Å². The summed E-state index contributed by atoms with van der Waals surface area (Å²) >= 11 is 6.11. The molecule has 1 aliphatic rings. The van der Waals surface area contributed by atoms with E-state index in [-0.39, 0.29) is 24.2 Å². The number of nitrogens with zero attached hydrogens (tertiary/aromatic N) is 1. The lowest BCUT2D eigenvalue weighted by molar-refractivity contribution is -0.135. The molecule has 0 fully saturated rings. The van der Waals surface area contributed by atoms with E-state index in [1.165, 1.54) is 6.92 Å². The van der Waals surface area contributed by atoms with Crippen LogP contribution < -0.4 is 4.74 Å². The Hall–Kier alpha value is -2.59. The molecule has 24 heavy (non-hydrogen) atoms. The molecular formula is C19H14ClNO3. The van der Waals surface area contributed by atoms with Gasteiger partial charge in [-0.3, -0.25) is 14.2 Å². The highest BCUT2D eigenvalue weighted by molar-refractivity contribution is 6.31. The predicted octanol–water partition coefficient (Wildman–Crippen LogP) is 4.40. The fraction of sp³-hybridized carbons (Fsp3) is 0.158. The van der Waals surface area contributed by atoms with E-state index in [1.807, 2.05) is 30.3 Å². The lowest BCUT2D eigenvalue weighted by Crippen LogP contribution is -2.24. The molecule has 4 nitrogen and oxygen atoms in total. The zero-order valence-electron chi connectivity index (χ0n) is 13.0. The summed E-state index contributed by atoms with van der Waals surface area (Å²) in [5.74, 6) is -0.216. The Morgan fingerprint density at radius 3 is 2.67 bits per heavy atom. The molecular weight excluding hydrogens is 326 g/mol. The van der Waals surface area contributed by atoms with Gasteiger partial charge >= 0.3 is 5.97 Å². The van der Waals surface area contributed by atoms with Crippen molar-refractivity contribution < 1.29 is 14.3 Å². The minimum Gasteiger partial charge on any atom is -0.424 e. The molecule has 4 rings (SSSR count). The molecule has 0 saturated carbocycles. The summed E-state index contributed by atoms with van der Waals surface area (Å²) in [4.78, 5) is 24.5. The number of ether oxygens (including phenoxy) is 1. The second-order valence-corrected chi connectivity index (χ2v) is 6.31. The Bertz CT molecular complexity index is 975. The zero-order valence-corrected chi connectivity index (χ0v) is 13.7. The van der Waals surface area contributed by atoms with Gasteiger partial charge in [-0.05, 0) is 23.8 Å². The normalized spacial score (nSPS) is 16.8. The number of hydrogen-bond acceptors (Lipinski definition) is 3. The molecule has 2 heterocycles. The van der Waals surface area contributed by atoms with Gasteiger partial charge in [0.1, 0.15) is 0 Å². The maximum Gasteiger partial charge on any atom is 0.312 e. The van der Waals surface area contributed by atoms with Crippen LogP contribution in [-0.4, -0.2) is 16.4 Å². The summed E-state index contributed by atoms with van der Waals surface area (Å²) in [6.07, 6.45) is 0.203. The molecule has 3 aromatic rings. The number of halogens is 1. The first-order valence-electron chi connectivity index (χ1n) is 7.66. The SMILES string of the molecule is CC(=O)n1c2c(c3cc(Cl)ccc31)OC(=O)CC2c1ccccc1. The van der Waals surface area contributed by atoms with Crippen molar-refractivity contribution in [2.24, 2.45) is 0 Å². The monoisotopic (exact) mass is 339 g/mol. The molecule has 1 unspecified atom stereocenters. The van der Waals surface area contributed by atoms with Gasteiger partial charge in [-0.2, -0.15) is 0 Å². The first-order valence-corrected chi connectivity index (χ1v) is 8.04. The summed E-state index contributed by atoms with van der Waals surface area (Å²) in [7, 11) is 0. The summed E-state index contributed by atoms with van der Waals surface area (Å²) in [6.45, 7) is 1.51. The topological polar surface area (TPSA) is 48.3 Å². The fourth-order valence-corrected chi connectivity index (χ4v) is 3.57. The maximum atomic E-state index is 12.3. The zero-order chi connectivity index (χ0) is 16.8. The molecule has 5 heteroatoms. The highest BCUT2D eigenvalue weighted by Gasteiger charge is 2.35. The van der Waals surface area contributed by atoms with E-state index >= 15 is 0 Å². The van der Waals surface area contributed by atoms with Gasteiger partial charge in [-0.15, -0.1) is 0 Å². The molecule has 0 radical (unpaired) electrons. The van der Waals surface area contributed by atoms with Crippen molar-refractivity contribution in [2.45, 2.75) is 19.3 Å². The Labute approximate surface area is 143 Å². The molecule has 120 valence electrons. The average Bonchev–Trinajstić information content (AvgIpc) is 2.89. The molecule has 0 bridgehead atoms. The Morgan fingerprint density at radius 1 is 1.21 bits per heavy atom. The number of benzene rings is 2. The first kappa shape index (κ1) is 15.0. The molecule has 0 N–H and O–H groups in total. The fourth-order valence-electron chi connectivity index (χ4n) is 3.39. The van der Waals surface area contributed by atoms with Gasteiger partial charge in [0, 0.05) is 23.3 Å². The van der Waals surface area contributed by atoms with Crippen LogP contribution in [0.1, 0.15) is 35.3 Å². The van der Waals surface area contributed by atoms with E-state index in [0.29, 0.717) is 27.4 Å². The van der Waals surface area contributed by atoms with Crippen molar-refractivity contribution in [3.63, 3.8) is 0 Å². The van der Waals surface area contributed by atoms with Crippen molar-refractivity contribution in [1.82, 2.24) is 4.57 Å². The average molecular weight is 340 g/mol. The predicted molar refractivity (Wildman–Crippen MR) is 91.8 cm³/mol. The third-order valence-electron chi connectivity index (χ3n) is 4.35. The third kappa shape index (κ3) is 2.22. The van der Waals surface area contributed by atoms with E-state index in [9.17, 15) is 9.59 Å². The summed E-state index contributed by atoms with van der Waals surface area (Å²) < 4.78 is 7.14. The van der Waals surface area contributed by atoms with Crippen LogP contribution in [0.3, 0.4) is 0 Å². The second-order valence-electron chi connectivity index (χ2n) is 5.87. The lowest BCUT2D eigenvalue weighted by Gasteiger charge is -2.24. The summed E-state index contributed by atoms with van der Waals surface area (Å²) in [6, 6.07) is 14.9. The number of rotatable bonds is 1. The minimum absolute atomic E-state index is 0.123. The molecule has 0 saturated heterocycles. The van der Waals surface area contributed by atoms with E-state index < -0.39 is 0 Å². The van der Waals surface area contributed by atoms with Gasteiger partial charge < -0.3 is 4.74 Å². The van der Waals surface area contributed by atoms with Crippen LogP contribution in [0.5, 0.6) is 5.75 Å². The number of fused-ring (bicyclic) bond motifs is 3. The van der Waals surface area contributed by atoms with Crippen molar-refractivity contribution in [1.29, 1.82) is 0 Å². The van der Waals surface area contributed by atoms with Crippen molar-refractivity contribution in [3.8, 4) is 5.75 Å². The van der Waals surface area contributed by atoms with Gasteiger partial charge in [-0.25, -0.2) is 0 Å². The standard InChI is InChI=1S/C19H14ClNO3/c1-11(22)21-16-8-7-13(20)9-15(16)19-18(21)14(10-17(23)24-19)12-5-3-2-4-6-12/h2-9,14H,10H2,1H3. The van der Waals surface area contributed by atoms with Gasteiger partial charge in [0.25, 0.3) is 0 Å². The molecule has 1 aromatic heterocycles. The van der Waals surface area contributed by atoms with Crippen LogP contribution in [0.25, 0.3) is 10.9 Å². The summed E-state index contributed by atoms with van der Waals surface area (Å²) in [5, 5.41) is 1.21. The highest BCUT2D eigenvalue weighted by atomic mass is 35.5. The number of carbonyl (C=O) groups excluding carboxylic acids is 2. The lowest BCUT2D eigenvalue weighted by atomic mass is 9.90. The van der Waals surface area contributed by atoms with Crippen molar-refractivity contribution >= 4 is 34.4 Å². The minimum atomic E-state index is -0.307. The van der Waals surface area contributed by atoms with Crippen LogP contribution in [0, 0.1) is 0 Å². The van der Waals surface area contributed by atoms with Gasteiger partial charge in [0.15, 0.2) is 5.75 Å². The Balaban J connectivity index is 2.07. The van der Waals surface area contributed by atoms with E-state index in [0.717, 1.165) is 5.56 Å².